The van der Waals surface area contributed by atoms with Crippen molar-refractivity contribution in [3.8, 4) is 5.69 Å². The van der Waals surface area contributed by atoms with Crippen LogP contribution in [0.25, 0.3) is 27.6 Å². The van der Waals surface area contributed by atoms with E-state index in [4.69, 9.17) is 10.8 Å². The lowest BCUT2D eigenvalue weighted by Crippen LogP contribution is -2.34. The fourth-order valence-electron chi connectivity index (χ4n) is 5.20. The van der Waals surface area contributed by atoms with Crippen LogP contribution in [0.4, 0.5) is 5.69 Å². The lowest BCUT2D eigenvalue weighted by Gasteiger charge is -2.24. The molecular formula is C27H32N5O+. The number of nitrogens with two attached hydrogens (primary N) is 1. The SMILES string of the molecule is Cc1cc(C)c(-n2c3ccccc3c3c(N(CC[N+](N)=O)CC4CC4)cc(C)nc32)c(C)c1. The number of benzene rings is 2. The molecule has 33 heavy (non-hydrogen) atoms. The molecule has 2 aromatic heterocycles. The first-order chi connectivity index (χ1) is 15.8. The number of hydrogen-bond donors (Lipinski definition) is 1. The molecule has 5 rings (SSSR count). The number of aromatic nitrogens is 2. The van der Waals surface area contributed by atoms with Gasteiger partial charge in [-0.1, -0.05) is 35.9 Å². The van der Waals surface area contributed by atoms with Crippen LogP contribution in [-0.2, 0) is 0 Å². The molecule has 2 heterocycles. The highest BCUT2D eigenvalue weighted by molar-refractivity contribution is 6.14. The minimum atomic E-state index is 0.268. The molecule has 0 amide bonds. The maximum absolute atomic E-state index is 11.6. The molecular weight excluding hydrogens is 410 g/mol. The molecule has 0 atom stereocenters. The Morgan fingerprint density at radius 3 is 2.45 bits per heavy atom. The second-order valence-electron chi connectivity index (χ2n) is 9.61. The molecule has 0 saturated heterocycles. The van der Waals surface area contributed by atoms with Gasteiger partial charge in [0.25, 0.3) is 0 Å². The molecule has 0 bridgehead atoms. The Hall–Kier alpha value is -3.41. The van der Waals surface area contributed by atoms with Gasteiger partial charge in [-0.2, -0.15) is 5.84 Å². The second kappa shape index (κ2) is 8.18. The van der Waals surface area contributed by atoms with E-state index in [1.165, 1.54) is 40.6 Å². The maximum Gasteiger partial charge on any atom is 0.242 e. The van der Waals surface area contributed by atoms with E-state index in [2.05, 4.69) is 79.6 Å². The van der Waals surface area contributed by atoms with Gasteiger partial charge in [-0.15, -0.1) is 0 Å². The molecule has 6 nitrogen and oxygen atoms in total. The number of para-hydroxylation sites is 1. The van der Waals surface area contributed by atoms with E-state index in [1.807, 2.05) is 0 Å². The third-order valence-electron chi connectivity index (χ3n) is 6.70. The summed E-state index contributed by atoms with van der Waals surface area (Å²) in [5, 5.41) is 2.33. The summed E-state index contributed by atoms with van der Waals surface area (Å²) in [6, 6.07) is 15.2. The van der Waals surface area contributed by atoms with Gasteiger partial charge in [-0.25, -0.2) is 4.98 Å². The van der Waals surface area contributed by atoms with Crippen LogP contribution >= 0.6 is 0 Å². The zero-order valence-electron chi connectivity index (χ0n) is 19.9. The minimum Gasteiger partial charge on any atom is -0.364 e. The number of anilines is 1. The first-order valence-corrected chi connectivity index (χ1v) is 11.8. The van der Waals surface area contributed by atoms with E-state index in [0.717, 1.165) is 34.5 Å². The Morgan fingerprint density at radius 2 is 1.79 bits per heavy atom. The normalized spacial score (nSPS) is 13.7. The van der Waals surface area contributed by atoms with Crippen LogP contribution in [0, 0.1) is 38.5 Å². The third-order valence-corrected chi connectivity index (χ3v) is 6.70. The molecule has 0 aliphatic heterocycles. The molecule has 0 unspecified atom stereocenters. The number of hydrazine groups is 1. The van der Waals surface area contributed by atoms with Gasteiger partial charge in [0, 0.05) is 17.6 Å². The van der Waals surface area contributed by atoms with Crippen molar-refractivity contribution in [1.82, 2.24) is 9.55 Å². The van der Waals surface area contributed by atoms with Crippen LogP contribution in [0.5, 0.6) is 0 Å². The Morgan fingerprint density at radius 1 is 1.09 bits per heavy atom. The number of rotatable bonds is 7. The van der Waals surface area contributed by atoms with Crippen LogP contribution in [0.2, 0.25) is 0 Å². The van der Waals surface area contributed by atoms with Crippen LogP contribution in [0.15, 0.2) is 42.5 Å². The molecule has 1 aliphatic carbocycles. The van der Waals surface area contributed by atoms with Gasteiger partial charge < -0.3 is 4.90 Å². The van der Waals surface area contributed by atoms with Crippen LogP contribution in [0.3, 0.4) is 0 Å². The van der Waals surface area contributed by atoms with Crippen molar-refractivity contribution < 1.29 is 4.87 Å². The van der Waals surface area contributed by atoms with E-state index >= 15 is 0 Å². The number of pyridine rings is 1. The Balaban J connectivity index is 1.82. The highest BCUT2D eigenvalue weighted by Crippen LogP contribution is 2.40. The summed E-state index contributed by atoms with van der Waals surface area (Å²) in [7, 11) is 0. The van der Waals surface area contributed by atoms with Gasteiger partial charge in [0.1, 0.15) is 10.5 Å². The largest absolute Gasteiger partial charge is 0.364 e. The summed E-state index contributed by atoms with van der Waals surface area (Å²) in [6.45, 7) is 10.4. The van der Waals surface area contributed by atoms with Crippen molar-refractivity contribution in [3.05, 3.63) is 69.8 Å². The highest BCUT2D eigenvalue weighted by Gasteiger charge is 2.28. The Labute approximate surface area is 194 Å². The van der Waals surface area contributed by atoms with Gasteiger partial charge >= 0.3 is 0 Å². The van der Waals surface area contributed by atoms with Crippen molar-refractivity contribution in [1.29, 1.82) is 0 Å². The summed E-state index contributed by atoms with van der Waals surface area (Å²) < 4.78 is 2.32. The number of nitrogens with zero attached hydrogens (tertiary/aromatic N) is 4. The third kappa shape index (κ3) is 3.94. The summed E-state index contributed by atoms with van der Waals surface area (Å²) in [6.07, 6.45) is 2.49. The van der Waals surface area contributed by atoms with Crippen molar-refractivity contribution in [2.75, 3.05) is 24.5 Å². The fourth-order valence-corrected chi connectivity index (χ4v) is 5.20. The Bertz CT molecular complexity index is 1360. The van der Waals surface area contributed by atoms with Gasteiger partial charge in [-0.05, 0) is 69.7 Å². The van der Waals surface area contributed by atoms with E-state index in [0.29, 0.717) is 17.3 Å². The summed E-state index contributed by atoms with van der Waals surface area (Å²) >= 11 is 0. The quantitative estimate of drug-likeness (QED) is 0.240. The van der Waals surface area contributed by atoms with Crippen LogP contribution in [-0.4, -0.2) is 34.1 Å². The fraction of sp³-hybridized carbons (Fsp3) is 0.370. The first-order valence-electron chi connectivity index (χ1n) is 11.8. The van der Waals surface area contributed by atoms with Gasteiger partial charge in [0.15, 0.2) is 0 Å². The number of nitroso groups, excluding NO2 is 1. The summed E-state index contributed by atoms with van der Waals surface area (Å²) in [5.74, 6) is 6.14. The zero-order chi connectivity index (χ0) is 23.3. The molecule has 1 fully saturated rings. The standard InChI is InChI=1S/C27H32N5O/c1-17-13-18(2)26(19(3)14-17)32-23-8-6-5-7-22(23)25-24(15-20(4)29-27(25)32)30(11-12-31(28)33)16-21-9-10-21/h5-8,13-15,21H,9-12,16H2,1-4H3,(H2,28,33)/q+1. The molecule has 2 N–H and O–H groups in total. The summed E-state index contributed by atoms with van der Waals surface area (Å²) in [5.41, 5.74) is 9.16. The average Bonchev–Trinajstić information content (AvgIpc) is 3.52. The molecule has 0 radical (unpaired) electrons. The first kappa shape index (κ1) is 21.4. The van der Waals surface area contributed by atoms with E-state index in [1.54, 1.807) is 0 Å². The van der Waals surface area contributed by atoms with E-state index in [-0.39, 0.29) is 6.54 Å². The smallest absolute Gasteiger partial charge is 0.242 e. The molecule has 1 saturated carbocycles. The molecule has 6 heteroatoms. The predicted molar refractivity (Wildman–Crippen MR) is 135 cm³/mol. The number of aryl methyl sites for hydroxylation is 4. The molecule has 2 aromatic carbocycles. The molecule has 170 valence electrons. The number of fused-ring (bicyclic) bond motifs is 3. The Kier molecular flexibility index (Phi) is 5.31. The van der Waals surface area contributed by atoms with Crippen molar-refractivity contribution in [2.24, 2.45) is 11.8 Å². The van der Waals surface area contributed by atoms with Crippen LogP contribution in [0.1, 0.15) is 35.2 Å². The zero-order valence-corrected chi connectivity index (χ0v) is 19.9. The van der Waals surface area contributed by atoms with E-state index < -0.39 is 0 Å². The molecule has 1 aliphatic rings. The maximum atomic E-state index is 11.6. The summed E-state index contributed by atoms with van der Waals surface area (Å²) in [4.78, 5) is 19.5. The predicted octanol–water partition coefficient (Wildman–Crippen LogP) is 5.28. The van der Waals surface area contributed by atoms with Crippen molar-refractivity contribution in [2.45, 2.75) is 40.5 Å². The number of hydrogen-bond acceptors (Lipinski definition) is 3. The van der Waals surface area contributed by atoms with Crippen LogP contribution < -0.4 is 10.7 Å². The highest BCUT2D eigenvalue weighted by atomic mass is 16.3. The lowest BCUT2D eigenvalue weighted by atomic mass is 10.0. The van der Waals surface area contributed by atoms with Gasteiger partial charge in [0.05, 0.1) is 33.7 Å². The van der Waals surface area contributed by atoms with Crippen molar-refractivity contribution >= 4 is 27.6 Å². The minimum absolute atomic E-state index is 0.268. The monoisotopic (exact) mass is 442 g/mol. The van der Waals surface area contributed by atoms with Crippen molar-refractivity contribution in [3.63, 3.8) is 0 Å². The van der Waals surface area contributed by atoms with E-state index in [9.17, 15) is 4.91 Å². The molecule has 4 aromatic rings. The van der Waals surface area contributed by atoms with Gasteiger partial charge in [-0.3, -0.25) is 4.57 Å². The second-order valence-corrected chi connectivity index (χ2v) is 9.61. The molecule has 0 spiro atoms. The average molecular weight is 443 g/mol. The topological polar surface area (TPSA) is 67.2 Å². The van der Waals surface area contributed by atoms with Gasteiger partial charge in [0.2, 0.25) is 6.54 Å². The lowest BCUT2D eigenvalue weighted by molar-refractivity contribution is -0.558.